The summed E-state index contributed by atoms with van der Waals surface area (Å²) in [5.41, 5.74) is 7.72. The molecular weight excluding hydrogens is 372 g/mol. The minimum absolute atomic E-state index is 0.0393. The van der Waals surface area contributed by atoms with Gasteiger partial charge in [0, 0.05) is 24.8 Å². The van der Waals surface area contributed by atoms with Crippen LogP contribution in [-0.4, -0.2) is 14.5 Å². The summed E-state index contributed by atoms with van der Waals surface area (Å²) in [6.07, 6.45) is 8.18. The number of hydrogen-bond donors (Lipinski definition) is 1. The summed E-state index contributed by atoms with van der Waals surface area (Å²) in [5.74, 6) is -0.620. The van der Waals surface area contributed by atoms with Gasteiger partial charge in [0.1, 0.15) is 10.5 Å². The molecule has 0 aliphatic carbocycles. The van der Waals surface area contributed by atoms with Crippen molar-refractivity contribution in [2.45, 2.75) is 5.92 Å². The van der Waals surface area contributed by atoms with Crippen molar-refractivity contribution in [2.75, 3.05) is 0 Å². The smallest absolute Gasteiger partial charge is 0.274 e. The fourth-order valence-corrected chi connectivity index (χ4v) is 4.27. The van der Waals surface area contributed by atoms with E-state index in [-0.39, 0.29) is 17.0 Å². The minimum Gasteiger partial charge on any atom is -0.384 e. The molecule has 1 aliphatic heterocycles. The normalized spacial score (nSPS) is 16.4. The van der Waals surface area contributed by atoms with Gasteiger partial charge in [0.05, 0.1) is 33.7 Å². The van der Waals surface area contributed by atoms with E-state index < -0.39 is 5.92 Å². The van der Waals surface area contributed by atoms with E-state index in [0.29, 0.717) is 20.3 Å². The number of thiazole rings is 1. The van der Waals surface area contributed by atoms with Crippen molar-refractivity contribution in [1.29, 1.82) is 10.5 Å². The molecule has 4 rings (SSSR count). The highest BCUT2D eigenvalue weighted by atomic mass is 32.1. The molecule has 0 fully saturated rings. The predicted octanol–water partition coefficient (Wildman–Crippen LogP) is 0.651. The van der Waals surface area contributed by atoms with E-state index in [9.17, 15) is 15.3 Å². The summed E-state index contributed by atoms with van der Waals surface area (Å²) in [4.78, 5) is 21.1. The Hall–Kier alpha value is -4.01. The van der Waals surface area contributed by atoms with Crippen LogP contribution in [-0.2, 0) is 0 Å². The van der Waals surface area contributed by atoms with Crippen molar-refractivity contribution >= 4 is 28.8 Å². The van der Waals surface area contributed by atoms with Crippen molar-refractivity contribution in [2.24, 2.45) is 5.73 Å². The van der Waals surface area contributed by atoms with E-state index in [1.807, 2.05) is 6.07 Å². The number of nitriles is 2. The Morgan fingerprint density at radius 1 is 1.11 bits per heavy atom. The van der Waals surface area contributed by atoms with E-state index in [2.05, 4.69) is 22.1 Å². The Morgan fingerprint density at radius 3 is 2.43 bits per heavy atom. The molecule has 0 aromatic carbocycles. The lowest BCUT2D eigenvalue weighted by molar-refractivity contribution is 0.902. The first-order chi connectivity index (χ1) is 13.7. The zero-order valence-corrected chi connectivity index (χ0v) is 15.2. The van der Waals surface area contributed by atoms with Crippen molar-refractivity contribution in [3.05, 3.63) is 85.3 Å². The average Bonchev–Trinajstić information content (AvgIpc) is 3.05. The number of fused-ring (bicyclic) bond motifs is 1. The zero-order chi connectivity index (χ0) is 19.7. The number of nitrogens with two attached hydrogens (primary N) is 1. The van der Waals surface area contributed by atoms with E-state index in [1.165, 1.54) is 15.9 Å². The maximum Gasteiger partial charge on any atom is 0.274 e. The molecule has 0 amide bonds. The largest absolute Gasteiger partial charge is 0.384 e. The second-order valence-corrected chi connectivity index (χ2v) is 7.03. The third-order valence-electron chi connectivity index (χ3n) is 4.39. The quantitative estimate of drug-likeness (QED) is 0.692. The van der Waals surface area contributed by atoms with Crippen LogP contribution in [0.2, 0.25) is 0 Å². The summed E-state index contributed by atoms with van der Waals surface area (Å²) in [7, 11) is 0. The van der Waals surface area contributed by atoms with E-state index in [0.717, 1.165) is 5.56 Å². The van der Waals surface area contributed by atoms with E-state index in [1.54, 1.807) is 49.1 Å². The number of rotatable bonds is 2. The van der Waals surface area contributed by atoms with Crippen molar-refractivity contribution in [3.63, 3.8) is 0 Å². The molecule has 134 valence electrons. The van der Waals surface area contributed by atoms with Crippen LogP contribution in [0.15, 0.2) is 59.4 Å². The number of aromatic nitrogens is 3. The zero-order valence-electron chi connectivity index (χ0n) is 14.4. The number of nitrogens with zero attached hydrogens (tertiary/aromatic N) is 5. The SMILES string of the molecule is N#CC1=C(N)n2c(sc(=Cc3cccnc3)c2=O)=C(C#N)C1c1cccnc1. The Morgan fingerprint density at radius 2 is 1.82 bits per heavy atom. The van der Waals surface area contributed by atoms with Gasteiger partial charge in [-0.15, -0.1) is 11.3 Å². The maximum absolute atomic E-state index is 13.0. The standard InChI is InChI=1S/C20H12N6OS/c21-8-14-17(13-4-2-6-25-11-13)15(9-22)20-26(18(14)23)19(27)16(28-20)7-12-3-1-5-24-10-12/h1-7,10-11,17H,23H2. The van der Waals surface area contributed by atoms with Crippen LogP contribution in [0.1, 0.15) is 17.0 Å². The van der Waals surface area contributed by atoms with Gasteiger partial charge in [-0.2, -0.15) is 10.5 Å². The second-order valence-electron chi connectivity index (χ2n) is 6.00. The molecule has 7 nitrogen and oxygen atoms in total. The average molecular weight is 384 g/mol. The number of pyridine rings is 2. The first-order valence-electron chi connectivity index (χ1n) is 8.23. The van der Waals surface area contributed by atoms with Gasteiger partial charge in [-0.25, -0.2) is 0 Å². The molecular formula is C20H12N6OS. The van der Waals surface area contributed by atoms with Gasteiger partial charge in [-0.1, -0.05) is 12.1 Å². The van der Waals surface area contributed by atoms with Crippen LogP contribution < -0.4 is 20.5 Å². The molecule has 3 aromatic rings. The highest BCUT2D eigenvalue weighted by Crippen LogP contribution is 2.34. The number of hydrogen-bond acceptors (Lipinski definition) is 7. The summed E-state index contributed by atoms with van der Waals surface area (Å²) in [6.45, 7) is 0. The molecule has 28 heavy (non-hydrogen) atoms. The van der Waals surface area contributed by atoms with Gasteiger partial charge in [-0.3, -0.25) is 19.3 Å². The first-order valence-corrected chi connectivity index (χ1v) is 9.05. The van der Waals surface area contributed by atoms with Crippen molar-refractivity contribution < 1.29 is 0 Å². The van der Waals surface area contributed by atoms with Gasteiger partial charge in [0.25, 0.3) is 5.56 Å². The second kappa shape index (κ2) is 6.95. The lowest BCUT2D eigenvalue weighted by atomic mass is 9.85. The maximum atomic E-state index is 13.0. The Balaban J connectivity index is 2.08. The van der Waals surface area contributed by atoms with Crippen LogP contribution in [0.3, 0.4) is 0 Å². The third kappa shape index (κ3) is 2.69. The van der Waals surface area contributed by atoms with Gasteiger partial charge in [-0.05, 0) is 29.3 Å². The number of allylic oxidation sites excluding steroid dienone is 1. The molecule has 0 spiro atoms. The Bertz CT molecular complexity index is 1350. The Kier molecular flexibility index (Phi) is 4.32. The summed E-state index contributed by atoms with van der Waals surface area (Å²) in [5, 5.41) is 19.6. The van der Waals surface area contributed by atoms with Crippen LogP contribution in [0.25, 0.3) is 17.5 Å². The molecule has 1 aliphatic rings. The highest BCUT2D eigenvalue weighted by molar-refractivity contribution is 7.07. The van der Waals surface area contributed by atoms with E-state index in [4.69, 9.17) is 5.73 Å². The van der Waals surface area contributed by atoms with Crippen LogP contribution in [0, 0.1) is 22.7 Å². The monoisotopic (exact) mass is 384 g/mol. The van der Waals surface area contributed by atoms with Crippen LogP contribution in [0.4, 0.5) is 0 Å². The molecule has 0 bridgehead atoms. The van der Waals surface area contributed by atoms with Crippen LogP contribution >= 0.6 is 11.3 Å². The molecule has 1 atom stereocenters. The summed E-state index contributed by atoms with van der Waals surface area (Å²) in [6, 6.07) is 11.3. The molecule has 0 saturated carbocycles. The summed E-state index contributed by atoms with van der Waals surface area (Å²) < 4.78 is 2.08. The van der Waals surface area contributed by atoms with Gasteiger partial charge < -0.3 is 5.73 Å². The van der Waals surface area contributed by atoms with Gasteiger partial charge in [0.15, 0.2) is 0 Å². The molecule has 2 N–H and O–H groups in total. The molecule has 0 saturated heterocycles. The minimum atomic E-state index is -0.659. The van der Waals surface area contributed by atoms with Crippen molar-refractivity contribution in [1.82, 2.24) is 14.5 Å². The fourth-order valence-electron chi connectivity index (χ4n) is 3.14. The topological polar surface area (TPSA) is 121 Å². The lowest BCUT2D eigenvalue weighted by Gasteiger charge is -2.21. The lowest BCUT2D eigenvalue weighted by Crippen LogP contribution is -2.38. The van der Waals surface area contributed by atoms with Gasteiger partial charge >= 0.3 is 0 Å². The molecule has 3 aromatic heterocycles. The molecule has 8 heteroatoms. The Labute approximate surface area is 163 Å². The van der Waals surface area contributed by atoms with Gasteiger partial charge in [0.2, 0.25) is 0 Å². The summed E-state index contributed by atoms with van der Waals surface area (Å²) >= 11 is 1.17. The van der Waals surface area contributed by atoms with Crippen LogP contribution in [0.5, 0.6) is 0 Å². The fraction of sp³-hybridized carbons (Fsp3) is 0.0500. The molecule has 1 unspecified atom stereocenters. The molecule has 4 heterocycles. The van der Waals surface area contributed by atoms with Crippen molar-refractivity contribution in [3.8, 4) is 12.1 Å². The molecule has 0 radical (unpaired) electrons. The highest BCUT2D eigenvalue weighted by Gasteiger charge is 2.32. The first kappa shape index (κ1) is 17.4. The third-order valence-corrected chi connectivity index (χ3v) is 5.50. The van der Waals surface area contributed by atoms with E-state index >= 15 is 0 Å². The predicted molar refractivity (Wildman–Crippen MR) is 105 cm³/mol.